The molecular formula is C14H19ClN2O5. The van der Waals surface area contributed by atoms with Crippen LogP contribution in [0.25, 0.3) is 0 Å². The summed E-state index contributed by atoms with van der Waals surface area (Å²) in [6.07, 6.45) is -0.938. The maximum atomic E-state index is 11.7. The summed E-state index contributed by atoms with van der Waals surface area (Å²) in [5.74, 6) is 0.551. The van der Waals surface area contributed by atoms with Gasteiger partial charge in [0.2, 0.25) is 5.91 Å². The van der Waals surface area contributed by atoms with Crippen molar-refractivity contribution in [3.8, 4) is 11.5 Å². The van der Waals surface area contributed by atoms with E-state index in [-0.39, 0.29) is 13.2 Å². The Hall–Kier alpha value is -1.54. The van der Waals surface area contributed by atoms with E-state index in [2.05, 4.69) is 5.32 Å². The highest BCUT2D eigenvalue weighted by Crippen LogP contribution is 2.39. The lowest BCUT2D eigenvalue weighted by molar-refractivity contribution is -0.123. The van der Waals surface area contributed by atoms with E-state index in [1.165, 1.54) is 7.11 Å². The summed E-state index contributed by atoms with van der Waals surface area (Å²) >= 11 is 6.11. The number of hydrogen-bond donors (Lipinski definition) is 3. The van der Waals surface area contributed by atoms with Gasteiger partial charge in [-0.05, 0) is 17.7 Å². The topological polar surface area (TPSA) is 103 Å². The summed E-state index contributed by atoms with van der Waals surface area (Å²) in [5, 5.41) is 13.1. The summed E-state index contributed by atoms with van der Waals surface area (Å²) in [6.45, 7) is 0.970. The van der Waals surface area contributed by atoms with E-state index < -0.39 is 18.1 Å². The van der Waals surface area contributed by atoms with Crippen molar-refractivity contribution < 1.29 is 24.1 Å². The molecule has 1 amide bonds. The molecule has 0 radical (unpaired) electrons. The Morgan fingerprint density at radius 1 is 1.50 bits per heavy atom. The average molecular weight is 331 g/mol. The molecule has 122 valence electrons. The minimum atomic E-state index is -0.938. The zero-order valence-electron chi connectivity index (χ0n) is 12.2. The molecule has 8 heteroatoms. The lowest BCUT2D eigenvalue weighted by atomic mass is 10.1. The molecular weight excluding hydrogens is 312 g/mol. The third-order valence-electron chi connectivity index (χ3n) is 3.16. The third kappa shape index (κ3) is 4.01. The van der Waals surface area contributed by atoms with Crippen LogP contribution in [0.1, 0.15) is 11.7 Å². The van der Waals surface area contributed by atoms with Crippen molar-refractivity contribution in [1.82, 2.24) is 5.32 Å². The number of amides is 1. The Morgan fingerprint density at radius 3 is 2.95 bits per heavy atom. The highest BCUT2D eigenvalue weighted by atomic mass is 35.5. The predicted molar refractivity (Wildman–Crippen MR) is 80.3 cm³/mol. The van der Waals surface area contributed by atoms with E-state index in [1.54, 1.807) is 12.1 Å². The quantitative estimate of drug-likeness (QED) is 0.690. The zero-order valence-corrected chi connectivity index (χ0v) is 12.9. The van der Waals surface area contributed by atoms with Gasteiger partial charge in [0.25, 0.3) is 0 Å². The van der Waals surface area contributed by atoms with Crippen molar-refractivity contribution in [3.05, 3.63) is 22.7 Å². The van der Waals surface area contributed by atoms with Gasteiger partial charge < -0.3 is 30.4 Å². The predicted octanol–water partition coefficient (Wildman–Crippen LogP) is 0.235. The maximum absolute atomic E-state index is 11.7. The number of ether oxygens (including phenoxy) is 3. The van der Waals surface area contributed by atoms with Gasteiger partial charge in [0, 0.05) is 13.7 Å². The lowest BCUT2D eigenvalue weighted by Gasteiger charge is -2.22. The van der Waals surface area contributed by atoms with E-state index in [4.69, 9.17) is 31.5 Å². The van der Waals surface area contributed by atoms with E-state index in [0.29, 0.717) is 35.3 Å². The van der Waals surface area contributed by atoms with Gasteiger partial charge in [0.05, 0.1) is 17.7 Å². The van der Waals surface area contributed by atoms with Gasteiger partial charge in [-0.3, -0.25) is 4.79 Å². The molecule has 7 nitrogen and oxygen atoms in total. The molecule has 1 aliphatic rings. The highest BCUT2D eigenvalue weighted by molar-refractivity contribution is 6.32. The fraction of sp³-hybridized carbons (Fsp3) is 0.500. The average Bonchev–Trinajstić information content (AvgIpc) is 2.52. The number of carbonyl (C=O) groups excluding carboxylic acids is 1. The SMILES string of the molecule is COCC(N)C(=O)NCC(O)c1cc(Cl)c2c(c1)OCCO2. The van der Waals surface area contributed by atoms with Crippen LogP contribution >= 0.6 is 11.6 Å². The van der Waals surface area contributed by atoms with Crippen molar-refractivity contribution in [3.63, 3.8) is 0 Å². The third-order valence-corrected chi connectivity index (χ3v) is 3.44. The molecule has 4 N–H and O–H groups in total. The summed E-state index contributed by atoms with van der Waals surface area (Å²) in [7, 11) is 1.46. The van der Waals surface area contributed by atoms with E-state index in [1.807, 2.05) is 0 Å². The number of fused-ring (bicyclic) bond motifs is 1. The van der Waals surface area contributed by atoms with Crippen LogP contribution in [-0.2, 0) is 9.53 Å². The van der Waals surface area contributed by atoms with Crippen LogP contribution in [0.2, 0.25) is 5.02 Å². The van der Waals surface area contributed by atoms with Crippen LogP contribution in [0.15, 0.2) is 12.1 Å². The first-order chi connectivity index (χ1) is 10.5. The first kappa shape index (κ1) is 16.8. The first-order valence-electron chi connectivity index (χ1n) is 6.82. The van der Waals surface area contributed by atoms with Gasteiger partial charge in [-0.15, -0.1) is 0 Å². The number of methoxy groups -OCH3 is 1. The van der Waals surface area contributed by atoms with Crippen molar-refractivity contribution in [2.75, 3.05) is 33.5 Å². The first-order valence-corrected chi connectivity index (χ1v) is 7.20. The minimum Gasteiger partial charge on any atom is -0.486 e. The van der Waals surface area contributed by atoms with Crippen LogP contribution in [0, 0.1) is 0 Å². The van der Waals surface area contributed by atoms with E-state index in [0.717, 1.165) is 0 Å². The summed E-state index contributed by atoms with van der Waals surface area (Å²) < 4.78 is 15.7. The minimum absolute atomic E-state index is 0.00617. The molecule has 0 bridgehead atoms. The molecule has 1 aromatic carbocycles. The normalized spacial score (nSPS) is 16.0. The Balaban J connectivity index is 1.99. The fourth-order valence-corrected chi connectivity index (χ4v) is 2.30. The molecule has 0 saturated carbocycles. The summed E-state index contributed by atoms with van der Waals surface area (Å²) in [6, 6.07) is 2.45. The molecule has 2 atom stereocenters. The maximum Gasteiger partial charge on any atom is 0.239 e. The number of aliphatic hydroxyl groups is 1. The van der Waals surface area contributed by atoms with Gasteiger partial charge in [-0.1, -0.05) is 11.6 Å². The van der Waals surface area contributed by atoms with Crippen LogP contribution in [0.4, 0.5) is 0 Å². The Morgan fingerprint density at radius 2 is 2.23 bits per heavy atom. The standard InChI is InChI=1S/C14H19ClN2O5/c1-20-7-10(16)14(19)17-6-11(18)8-4-9(15)13-12(5-8)21-2-3-22-13/h4-5,10-11,18H,2-3,6-7,16H2,1H3,(H,17,19). The largest absolute Gasteiger partial charge is 0.486 e. The Labute approximate surface area is 133 Å². The van der Waals surface area contributed by atoms with Crippen LogP contribution in [-0.4, -0.2) is 50.5 Å². The fourth-order valence-electron chi connectivity index (χ4n) is 2.02. The van der Waals surface area contributed by atoms with Gasteiger partial charge in [0.1, 0.15) is 19.3 Å². The highest BCUT2D eigenvalue weighted by Gasteiger charge is 2.20. The number of carbonyl (C=O) groups is 1. The lowest BCUT2D eigenvalue weighted by Crippen LogP contribution is -2.44. The van der Waals surface area contributed by atoms with Crippen LogP contribution in [0.5, 0.6) is 11.5 Å². The van der Waals surface area contributed by atoms with Gasteiger partial charge >= 0.3 is 0 Å². The molecule has 0 spiro atoms. The Kier molecular flexibility index (Phi) is 5.84. The molecule has 0 saturated heterocycles. The van der Waals surface area contributed by atoms with Crippen LogP contribution in [0.3, 0.4) is 0 Å². The molecule has 1 heterocycles. The van der Waals surface area contributed by atoms with Crippen molar-refractivity contribution in [2.45, 2.75) is 12.1 Å². The number of rotatable bonds is 6. The molecule has 22 heavy (non-hydrogen) atoms. The number of halogens is 1. The monoisotopic (exact) mass is 330 g/mol. The molecule has 2 unspecified atom stereocenters. The van der Waals surface area contributed by atoms with Crippen molar-refractivity contribution >= 4 is 17.5 Å². The Bertz CT molecular complexity index is 540. The van der Waals surface area contributed by atoms with Crippen LogP contribution < -0.4 is 20.5 Å². The summed E-state index contributed by atoms with van der Waals surface area (Å²) in [4.78, 5) is 11.7. The number of benzene rings is 1. The summed E-state index contributed by atoms with van der Waals surface area (Å²) in [5.41, 5.74) is 6.11. The van der Waals surface area contributed by atoms with Crippen molar-refractivity contribution in [1.29, 1.82) is 0 Å². The second-order valence-corrected chi connectivity index (χ2v) is 5.26. The number of nitrogens with one attached hydrogen (secondary N) is 1. The number of hydrogen-bond acceptors (Lipinski definition) is 6. The second-order valence-electron chi connectivity index (χ2n) is 4.85. The van der Waals surface area contributed by atoms with Crippen molar-refractivity contribution in [2.24, 2.45) is 5.73 Å². The number of aliphatic hydroxyl groups excluding tert-OH is 1. The molecule has 1 aliphatic heterocycles. The molecule has 0 fully saturated rings. The molecule has 1 aromatic rings. The van der Waals surface area contributed by atoms with Gasteiger partial charge in [-0.25, -0.2) is 0 Å². The second kappa shape index (κ2) is 7.64. The molecule has 2 rings (SSSR count). The van der Waals surface area contributed by atoms with Gasteiger partial charge in [-0.2, -0.15) is 0 Å². The smallest absolute Gasteiger partial charge is 0.239 e. The number of nitrogens with two attached hydrogens (primary N) is 1. The van der Waals surface area contributed by atoms with E-state index >= 15 is 0 Å². The van der Waals surface area contributed by atoms with E-state index in [9.17, 15) is 9.90 Å². The van der Waals surface area contributed by atoms with Gasteiger partial charge in [0.15, 0.2) is 11.5 Å². The zero-order chi connectivity index (χ0) is 16.1. The molecule has 0 aliphatic carbocycles. The molecule has 0 aromatic heterocycles.